The molecule has 4 saturated carbocycles. The highest BCUT2D eigenvalue weighted by atomic mass is 16.5. The predicted octanol–water partition coefficient (Wildman–Crippen LogP) is 10.9. The number of ether oxygens (including phenoxy) is 1. The first-order chi connectivity index (χ1) is 33.3. The number of β-amino-alcohol motifs (C(OH)–C–C–N with tert-alkyl or cyclic N) is 1. The van der Waals surface area contributed by atoms with Crippen LogP contribution in [-0.2, 0) is 28.7 Å². The molecule has 4 amide bonds. The molecule has 4 aliphatic carbocycles. The molecule has 4 unspecified atom stereocenters. The van der Waals surface area contributed by atoms with Crippen molar-refractivity contribution < 1.29 is 33.8 Å². The van der Waals surface area contributed by atoms with Gasteiger partial charge < -0.3 is 35.1 Å². The van der Waals surface area contributed by atoms with Crippen molar-refractivity contribution in [3.8, 4) is 0 Å². The van der Waals surface area contributed by atoms with Gasteiger partial charge in [0.25, 0.3) is 0 Å². The standard InChI is InChI=1S/C58H100N4O7/c1-6-7-8-9-10-11-12-13-14-15-16-17-18-19-21-24-53(65)60-46-32-34-57(3)45(39-46)27-28-49-51-30-29-50(58(51,4)35-33-52(49)57)44(2)26-31-55(67)61(37-38-63)42-54(66)59-36-23-20-22-25-56(68)62-41-48(64)40-47(62)43-69-5/h13-14,38,44-52,64H,6-12,15-37,39-43H2,1-5H3,(H,59,66)(H,60,65)/b14-13-/t44-,45+,46+,47+,48?,49?,50-,51?,52?,57+,58-/m1/s1. The molecular weight excluding hydrogens is 865 g/mol. The Bertz CT molecular complexity index is 1610. The molecule has 1 aliphatic heterocycles. The Morgan fingerprint density at radius 2 is 1.43 bits per heavy atom. The minimum absolute atomic E-state index is 0.0250. The van der Waals surface area contributed by atoms with Crippen LogP contribution in [0, 0.1) is 46.3 Å². The predicted molar refractivity (Wildman–Crippen MR) is 277 cm³/mol. The fraction of sp³-hybridized carbons (Fsp3) is 0.879. The number of unbranched alkanes of at least 4 members (excludes halogenated alkanes) is 13. The number of aldehydes is 1. The Balaban J connectivity index is 0.953. The number of methoxy groups -OCH3 is 1. The largest absolute Gasteiger partial charge is 0.391 e. The topological polar surface area (TPSA) is 145 Å². The van der Waals surface area contributed by atoms with Crippen LogP contribution >= 0.6 is 0 Å². The second kappa shape index (κ2) is 29.7. The number of allylic oxidation sites excluding steroid dienone is 2. The summed E-state index contributed by atoms with van der Waals surface area (Å²) < 4.78 is 5.22. The summed E-state index contributed by atoms with van der Waals surface area (Å²) in [5.74, 6) is 3.78. The van der Waals surface area contributed by atoms with Gasteiger partial charge in [0, 0.05) is 45.5 Å². The maximum Gasteiger partial charge on any atom is 0.239 e. The molecule has 1 heterocycles. The average Bonchev–Trinajstić information content (AvgIpc) is 3.89. The summed E-state index contributed by atoms with van der Waals surface area (Å²) >= 11 is 0. The molecule has 1 saturated heterocycles. The van der Waals surface area contributed by atoms with E-state index in [4.69, 9.17) is 4.74 Å². The van der Waals surface area contributed by atoms with Gasteiger partial charge in [0.15, 0.2) is 0 Å². The van der Waals surface area contributed by atoms with Crippen LogP contribution in [0.3, 0.4) is 0 Å². The van der Waals surface area contributed by atoms with Gasteiger partial charge in [0.1, 0.15) is 6.29 Å². The van der Waals surface area contributed by atoms with E-state index in [0.29, 0.717) is 93.7 Å². The highest BCUT2D eigenvalue weighted by Gasteiger charge is 2.60. The molecule has 0 spiro atoms. The second-order valence-electron chi connectivity index (χ2n) is 23.4. The molecule has 11 heteroatoms. The number of amides is 4. The summed E-state index contributed by atoms with van der Waals surface area (Å²) in [6.45, 7) is 10.8. The Morgan fingerprint density at radius 3 is 2.16 bits per heavy atom. The average molecular weight is 965 g/mol. The van der Waals surface area contributed by atoms with Crippen molar-refractivity contribution in [3.05, 3.63) is 12.2 Å². The fourth-order valence-corrected chi connectivity index (χ4v) is 14.8. The lowest BCUT2D eigenvalue weighted by Gasteiger charge is -2.61. The number of nitrogens with one attached hydrogen (secondary N) is 2. The molecule has 3 N–H and O–H groups in total. The lowest BCUT2D eigenvalue weighted by Crippen LogP contribution is -2.55. The molecular formula is C58H100N4O7. The van der Waals surface area contributed by atoms with Crippen LogP contribution in [0.1, 0.15) is 220 Å². The van der Waals surface area contributed by atoms with Crippen molar-refractivity contribution in [1.29, 1.82) is 0 Å². The highest BCUT2D eigenvalue weighted by Crippen LogP contribution is 2.68. The highest BCUT2D eigenvalue weighted by molar-refractivity contribution is 5.86. The zero-order valence-electron chi connectivity index (χ0n) is 44.5. The van der Waals surface area contributed by atoms with E-state index < -0.39 is 6.10 Å². The smallest absolute Gasteiger partial charge is 0.239 e. The number of hydrogen-bond acceptors (Lipinski definition) is 7. The Morgan fingerprint density at radius 1 is 0.768 bits per heavy atom. The van der Waals surface area contributed by atoms with Crippen LogP contribution in [0.15, 0.2) is 12.2 Å². The minimum atomic E-state index is -0.506. The summed E-state index contributed by atoms with van der Waals surface area (Å²) in [6.07, 6.45) is 37.5. The molecule has 0 aromatic carbocycles. The first-order valence-electron chi connectivity index (χ1n) is 28.7. The third kappa shape index (κ3) is 16.9. The van der Waals surface area contributed by atoms with E-state index >= 15 is 0 Å². The van der Waals surface area contributed by atoms with Gasteiger partial charge in [-0.15, -0.1) is 0 Å². The molecule has 5 aliphatic rings. The van der Waals surface area contributed by atoms with Gasteiger partial charge >= 0.3 is 0 Å². The van der Waals surface area contributed by atoms with Crippen LogP contribution < -0.4 is 10.6 Å². The first-order valence-corrected chi connectivity index (χ1v) is 28.7. The molecule has 394 valence electrons. The number of aliphatic hydroxyl groups excluding tert-OH is 1. The Labute approximate surface area is 419 Å². The van der Waals surface area contributed by atoms with Crippen LogP contribution in [0.25, 0.3) is 0 Å². The van der Waals surface area contributed by atoms with E-state index in [0.717, 1.165) is 56.3 Å². The summed E-state index contributed by atoms with van der Waals surface area (Å²) in [4.78, 5) is 67.0. The number of carbonyl (C=O) groups excluding carboxylic acids is 5. The van der Waals surface area contributed by atoms with Gasteiger partial charge in [0.2, 0.25) is 23.6 Å². The molecule has 0 radical (unpaired) electrons. The van der Waals surface area contributed by atoms with Gasteiger partial charge in [-0.2, -0.15) is 0 Å². The van der Waals surface area contributed by atoms with Crippen LogP contribution in [0.4, 0.5) is 0 Å². The Kier molecular flexibility index (Phi) is 24.6. The van der Waals surface area contributed by atoms with Crippen molar-refractivity contribution in [2.45, 2.75) is 239 Å². The SMILES string of the molecule is CCCCCCCC/C=C\CCCCCCCC(=O)N[C@H]1CC[C@]2(C)C3CC[C@@]4(C)C(CC[C@@H]4[C@H](C)CCC(=O)N(CC=O)CC(=O)NCCCCCC(=O)N4CC(O)C[C@H]4COC)C3CC[C@H]2C1. The summed E-state index contributed by atoms with van der Waals surface area (Å²) in [5.41, 5.74) is 0.633. The van der Waals surface area contributed by atoms with Gasteiger partial charge in [-0.3, -0.25) is 19.2 Å². The summed E-state index contributed by atoms with van der Waals surface area (Å²) in [6, 6.07) is 0.245. The number of fused-ring (bicyclic) bond motifs is 5. The molecule has 11 atom stereocenters. The molecule has 0 aromatic rings. The van der Waals surface area contributed by atoms with E-state index in [9.17, 15) is 29.1 Å². The molecule has 11 nitrogen and oxygen atoms in total. The quantitative estimate of drug-likeness (QED) is 0.0346. The van der Waals surface area contributed by atoms with E-state index in [1.54, 1.807) is 12.0 Å². The number of likely N-dealkylation sites (tertiary alicyclic amines) is 1. The second-order valence-corrected chi connectivity index (χ2v) is 23.4. The summed E-state index contributed by atoms with van der Waals surface area (Å²) in [7, 11) is 1.60. The third-order valence-electron chi connectivity index (χ3n) is 18.7. The molecule has 5 rings (SSSR count). The van der Waals surface area contributed by atoms with Crippen molar-refractivity contribution in [3.63, 3.8) is 0 Å². The van der Waals surface area contributed by atoms with Gasteiger partial charge in [-0.25, -0.2) is 0 Å². The number of rotatable bonds is 32. The number of hydrogen-bond donors (Lipinski definition) is 3. The van der Waals surface area contributed by atoms with Crippen LogP contribution in [0.2, 0.25) is 0 Å². The van der Waals surface area contributed by atoms with Crippen LogP contribution in [0.5, 0.6) is 0 Å². The minimum Gasteiger partial charge on any atom is -0.391 e. The van der Waals surface area contributed by atoms with Crippen molar-refractivity contribution in [2.75, 3.05) is 39.9 Å². The number of nitrogens with zero attached hydrogens (tertiary/aromatic N) is 2. The lowest BCUT2D eigenvalue weighted by molar-refractivity contribution is -0.137. The van der Waals surface area contributed by atoms with Gasteiger partial charge in [0.05, 0.1) is 31.8 Å². The Hall–Kier alpha value is -2.79. The molecule has 5 fully saturated rings. The molecule has 0 aromatic heterocycles. The maximum absolute atomic E-state index is 13.5. The van der Waals surface area contributed by atoms with E-state index in [-0.39, 0.29) is 48.2 Å². The fourth-order valence-electron chi connectivity index (χ4n) is 14.8. The third-order valence-corrected chi connectivity index (χ3v) is 18.7. The summed E-state index contributed by atoms with van der Waals surface area (Å²) in [5, 5.41) is 16.4. The number of carbonyl (C=O) groups is 5. The normalized spacial score (nSPS) is 30.1. The van der Waals surface area contributed by atoms with Gasteiger partial charge in [-0.05, 0) is 162 Å². The van der Waals surface area contributed by atoms with Crippen molar-refractivity contribution in [1.82, 2.24) is 20.4 Å². The van der Waals surface area contributed by atoms with Gasteiger partial charge in [-0.1, -0.05) is 97.6 Å². The van der Waals surface area contributed by atoms with E-state index in [1.807, 2.05) is 0 Å². The zero-order valence-corrected chi connectivity index (χ0v) is 44.5. The molecule has 69 heavy (non-hydrogen) atoms. The van der Waals surface area contributed by atoms with Crippen molar-refractivity contribution >= 4 is 29.9 Å². The first kappa shape index (κ1) is 57.1. The maximum atomic E-state index is 13.5. The molecule has 0 bridgehead atoms. The number of aliphatic hydroxyl groups is 1. The monoisotopic (exact) mass is 965 g/mol. The van der Waals surface area contributed by atoms with E-state index in [2.05, 4.69) is 50.5 Å². The van der Waals surface area contributed by atoms with Crippen LogP contribution in [-0.4, -0.2) is 103 Å². The van der Waals surface area contributed by atoms with E-state index in [1.165, 1.54) is 120 Å². The zero-order chi connectivity index (χ0) is 49.7. The van der Waals surface area contributed by atoms with Crippen molar-refractivity contribution in [2.24, 2.45) is 46.3 Å². The lowest BCUT2D eigenvalue weighted by atomic mass is 9.44.